The van der Waals surface area contributed by atoms with Crippen molar-refractivity contribution in [1.82, 2.24) is 8.87 Å². The van der Waals surface area contributed by atoms with Crippen LogP contribution < -0.4 is 11.1 Å². The van der Waals surface area contributed by atoms with E-state index in [1.54, 1.807) is 13.1 Å². The van der Waals surface area contributed by atoms with E-state index in [1.807, 2.05) is 32.0 Å². The van der Waals surface area contributed by atoms with Crippen molar-refractivity contribution in [2.75, 3.05) is 18.4 Å². The average Bonchev–Trinajstić information content (AvgIpc) is 3.03. The number of sulfonamides is 1. The van der Waals surface area contributed by atoms with Gasteiger partial charge in [0.2, 0.25) is 15.9 Å². The van der Waals surface area contributed by atoms with Gasteiger partial charge in [0, 0.05) is 31.9 Å². The van der Waals surface area contributed by atoms with Crippen LogP contribution in [0.15, 0.2) is 50.5 Å². The normalized spacial score (nSPS) is 17.7. The summed E-state index contributed by atoms with van der Waals surface area (Å²) in [5.41, 5.74) is 3.55. The Morgan fingerprint density at radius 3 is 2.68 bits per heavy atom. The summed E-state index contributed by atoms with van der Waals surface area (Å²) < 4.78 is 34.2. The Hall–Kier alpha value is -2.91. The second-order valence-electron chi connectivity index (χ2n) is 8.07. The lowest BCUT2D eigenvalue weighted by atomic mass is 9.98. The molecule has 0 unspecified atom stereocenters. The molecule has 1 aliphatic rings. The van der Waals surface area contributed by atoms with Crippen LogP contribution in [-0.2, 0) is 21.9 Å². The molecular formula is C22H25N3O5S. The summed E-state index contributed by atoms with van der Waals surface area (Å²) >= 11 is 0. The Labute approximate surface area is 180 Å². The SMILES string of the molecule is Cc1ccc(NC(=O)[C@@H]2CCCN(S(=O)(=O)c3ccc4c(c3)oc(=O)n4C)C2)c(C)c1. The van der Waals surface area contributed by atoms with Gasteiger partial charge in [-0.05, 0) is 50.5 Å². The smallest absolute Gasteiger partial charge is 0.408 e. The Morgan fingerprint density at radius 2 is 1.94 bits per heavy atom. The van der Waals surface area contributed by atoms with Crippen molar-refractivity contribution in [3.05, 3.63) is 58.1 Å². The first-order valence-electron chi connectivity index (χ1n) is 10.1. The maximum atomic E-state index is 13.2. The third kappa shape index (κ3) is 4.03. The average molecular weight is 444 g/mol. The van der Waals surface area contributed by atoms with Gasteiger partial charge < -0.3 is 9.73 Å². The number of hydrogen-bond donors (Lipinski definition) is 1. The van der Waals surface area contributed by atoms with Gasteiger partial charge in [-0.3, -0.25) is 9.36 Å². The maximum Gasteiger partial charge on any atom is 0.419 e. The Morgan fingerprint density at radius 1 is 1.16 bits per heavy atom. The second kappa shape index (κ2) is 7.97. The number of hydrogen-bond acceptors (Lipinski definition) is 5. The lowest BCUT2D eigenvalue weighted by molar-refractivity contribution is -0.120. The van der Waals surface area contributed by atoms with Gasteiger partial charge in [-0.15, -0.1) is 0 Å². The molecule has 9 heteroatoms. The summed E-state index contributed by atoms with van der Waals surface area (Å²) in [5, 5.41) is 2.94. The van der Waals surface area contributed by atoms with Crippen LogP contribution in [0.5, 0.6) is 0 Å². The second-order valence-corrected chi connectivity index (χ2v) is 10.0. The van der Waals surface area contributed by atoms with Gasteiger partial charge in [0.1, 0.15) is 0 Å². The largest absolute Gasteiger partial charge is 0.419 e. The summed E-state index contributed by atoms with van der Waals surface area (Å²) in [6.45, 7) is 4.36. The molecule has 0 radical (unpaired) electrons. The summed E-state index contributed by atoms with van der Waals surface area (Å²) in [6.07, 6.45) is 1.21. The molecule has 0 aliphatic carbocycles. The molecule has 8 nitrogen and oxygen atoms in total. The topological polar surface area (TPSA) is 102 Å². The molecule has 0 saturated carbocycles. The molecule has 2 aromatic carbocycles. The van der Waals surface area contributed by atoms with E-state index in [4.69, 9.17) is 4.42 Å². The first-order valence-corrected chi connectivity index (χ1v) is 11.6. The quantitative estimate of drug-likeness (QED) is 0.668. The molecule has 2 heterocycles. The molecular weight excluding hydrogens is 418 g/mol. The molecule has 1 aliphatic heterocycles. The predicted molar refractivity (Wildman–Crippen MR) is 117 cm³/mol. The van der Waals surface area contributed by atoms with E-state index in [9.17, 15) is 18.0 Å². The minimum atomic E-state index is -3.83. The lowest BCUT2D eigenvalue weighted by Crippen LogP contribution is -2.43. The number of aromatic nitrogens is 1. The highest BCUT2D eigenvalue weighted by Gasteiger charge is 2.33. The highest BCUT2D eigenvalue weighted by atomic mass is 32.2. The number of nitrogens with zero attached hydrogens (tertiary/aromatic N) is 2. The standard InChI is InChI=1S/C22H25N3O5S/c1-14-6-8-18(15(2)11-14)23-21(26)16-5-4-10-25(13-16)31(28,29)17-7-9-19-20(12-17)30-22(27)24(19)3/h6-9,11-12,16H,4-5,10,13H2,1-3H3,(H,23,26)/t16-/m1/s1. The van der Waals surface area contributed by atoms with Gasteiger partial charge in [-0.25, -0.2) is 13.2 Å². The van der Waals surface area contributed by atoms with E-state index in [2.05, 4.69) is 5.32 Å². The number of anilines is 1. The van der Waals surface area contributed by atoms with Crippen LogP contribution >= 0.6 is 0 Å². The fourth-order valence-corrected chi connectivity index (χ4v) is 5.53. The van der Waals surface area contributed by atoms with E-state index in [1.165, 1.54) is 21.0 Å². The molecule has 1 amide bonds. The minimum absolute atomic E-state index is 0.0461. The van der Waals surface area contributed by atoms with Crippen LogP contribution in [0.25, 0.3) is 11.1 Å². The number of rotatable bonds is 4. The van der Waals surface area contributed by atoms with Crippen LogP contribution in [-0.4, -0.2) is 36.3 Å². The van der Waals surface area contributed by atoms with Crippen LogP contribution in [0.2, 0.25) is 0 Å². The number of oxazole rings is 1. The van der Waals surface area contributed by atoms with Gasteiger partial charge in [-0.1, -0.05) is 17.7 Å². The third-order valence-electron chi connectivity index (χ3n) is 5.80. The molecule has 1 fully saturated rings. The van der Waals surface area contributed by atoms with Crippen LogP contribution in [0.1, 0.15) is 24.0 Å². The number of carbonyl (C=O) groups excluding carboxylic acids is 1. The summed E-state index contributed by atoms with van der Waals surface area (Å²) in [7, 11) is -2.27. The van der Waals surface area contributed by atoms with Gasteiger partial charge in [0.05, 0.1) is 16.3 Å². The van der Waals surface area contributed by atoms with E-state index in [-0.39, 0.29) is 22.9 Å². The molecule has 1 atom stereocenters. The number of benzene rings is 2. The van der Waals surface area contributed by atoms with Gasteiger partial charge >= 0.3 is 5.76 Å². The van der Waals surface area contributed by atoms with Crippen LogP contribution in [0.3, 0.4) is 0 Å². The number of amides is 1. The fourth-order valence-electron chi connectivity index (χ4n) is 3.99. The molecule has 0 bridgehead atoms. The van der Waals surface area contributed by atoms with Crippen molar-refractivity contribution < 1.29 is 17.6 Å². The zero-order valence-electron chi connectivity index (χ0n) is 17.7. The van der Waals surface area contributed by atoms with Gasteiger partial charge in [0.25, 0.3) is 0 Å². The predicted octanol–water partition coefficient (Wildman–Crippen LogP) is 2.79. The summed E-state index contributed by atoms with van der Waals surface area (Å²) in [4.78, 5) is 24.6. The van der Waals surface area contributed by atoms with E-state index < -0.39 is 21.7 Å². The number of carbonyl (C=O) groups is 1. The zero-order valence-corrected chi connectivity index (χ0v) is 18.5. The van der Waals surface area contributed by atoms with Crippen LogP contribution in [0, 0.1) is 19.8 Å². The number of nitrogens with one attached hydrogen (secondary N) is 1. The monoisotopic (exact) mass is 443 g/mol. The van der Waals surface area contributed by atoms with Crippen LogP contribution in [0.4, 0.5) is 5.69 Å². The van der Waals surface area contributed by atoms with E-state index in [0.29, 0.717) is 24.9 Å². The fraction of sp³-hybridized carbons (Fsp3) is 0.364. The summed E-state index contributed by atoms with van der Waals surface area (Å²) in [6, 6.07) is 10.2. The number of fused-ring (bicyclic) bond motifs is 1. The molecule has 31 heavy (non-hydrogen) atoms. The van der Waals surface area contributed by atoms with Gasteiger partial charge in [-0.2, -0.15) is 4.31 Å². The molecule has 4 rings (SSSR count). The molecule has 1 saturated heterocycles. The molecule has 0 spiro atoms. The maximum absolute atomic E-state index is 13.2. The number of piperidine rings is 1. The Balaban J connectivity index is 1.54. The van der Waals surface area contributed by atoms with Crippen molar-refractivity contribution in [1.29, 1.82) is 0 Å². The van der Waals surface area contributed by atoms with Crippen molar-refractivity contribution in [2.45, 2.75) is 31.6 Å². The molecule has 3 aromatic rings. The molecule has 164 valence electrons. The highest BCUT2D eigenvalue weighted by Crippen LogP contribution is 2.27. The highest BCUT2D eigenvalue weighted by molar-refractivity contribution is 7.89. The molecule has 1 aromatic heterocycles. The summed E-state index contributed by atoms with van der Waals surface area (Å²) in [5.74, 6) is -1.18. The Kier molecular flexibility index (Phi) is 5.49. The third-order valence-corrected chi connectivity index (χ3v) is 7.66. The zero-order chi connectivity index (χ0) is 22.3. The Bertz CT molecular complexity index is 1320. The minimum Gasteiger partial charge on any atom is -0.408 e. The number of aryl methyl sites for hydroxylation is 3. The molecule has 1 N–H and O–H groups in total. The van der Waals surface area contributed by atoms with Crippen molar-refractivity contribution in [3.63, 3.8) is 0 Å². The van der Waals surface area contributed by atoms with E-state index in [0.717, 1.165) is 16.8 Å². The van der Waals surface area contributed by atoms with Crippen molar-refractivity contribution >= 4 is 32.7 Å². The first kappa shape index (κ1) is 21.3. The van der Waals surface area contributed by atoms with Crippen molar-refractivity contribution in [3.8, 4) is 0 Å². The van der Waals surface area contributed by atoms with Gasteiger partial charge in [0.15, 0.2) is 5.58 Å². The first-order chi connectivity index (χ1) is 14.7. The lowest BCUT2D eigenvalue weighted by Gasteiger charge is -2.31. The van der Waals surface area contributed by atoms with Crippen molar-refractivity contribution in [2.24, 2.45) is 13.0 Å². The van der Waals surface area contributed by atoms with E-state index >= 15 is 0 Å².